The Balaban J connectivity index is 1.93. The van der Waals surface area contributed by atoms with E-state index in [1.807, 2.05) is 24.0 Å². The molecule has 0 saturated heterocycles. The predicted molar refractivity (Wildman–Crippen MR) is 92.5 cm³/mol. The molecule has 6 nitrogen and oxygen atoms in total. The Bertz CT molecular complexity index is 772. The van der Waals surface area contributed by atoms with Gasteiger partial charge in [0.25, 0.3) is 5.91 Å². The van der Waals surface area contributed by atoms with Crippen molar-refractivity contribution in [1.29, 1.82) is 0 Å². The third-order valence-corrected chi connectivity index (χ3v) is 4.68. The minimum Gasteiger partial charge on any atom is -0.467 e. The number of H-pyrrole nitrogens is 1. The van der Waals surface area contributed by atoms with Gasteiger partial charge in [-0.3, -0.25) is 4.79 Å². The summed E-state index contributed by atoms with van der Waals surface area (Å²) in [5, 5.41) is 0. The van der Waals surface area contributed by atoms with Gasteiger partial charge in [-0.15, -0.1) is 0 Å². The van der Waals surface area contributed by atoms with Crippen LogP contribution in [0.25, 0.3) is 0 Å². The zero-order chi connectivity index (χ0) is 18.1. The Hall–Kier alpha value is -2.50. The van der Waals surface area contributed by atoms with E-state index >= 15 is 0 Å². The Morgan fingerprint density at radius 1 is 1.40 bits per heavy atom. The van der Waals surface area contributed by atoms with Gasteiger partial charge in [0.2, 0.25) is 0 Å². The van der Waals surface area contributed by atoms with Gasteiger partial charge in [-0.05, 0) is 58.2 Å². The van der Waals surface area contributed by atoms with E-state index in [0.717, 1.165) is 18.6 Å². The number of furan rings is 1. The number of hydrogen-bond acceptors (Lipinski definition) is 4. The van der Waals surface area contributed by atoms with Gasteiger partial charge in [0.05, 0.1) is 24.5 Å². The van der Waals surface area contributed by atoms with Crippen LogP contribution in [0.2, 0.25) is 0 Å². The van der Waals surface area contributed by atoms with E-state index in [1.165, 1.54) is 0 Å². The first-order valence-electron chi connectivity index (χ1n) is 8.68. The van der Waals surface area contributed by atoms with Crippen molar-refractivity contribution in [3.05, 3.63) is 46.7 Å². The van der Waals surface area contributed by atoms with E-state index in [1.54, 1.807) is 27.0 Å². The van der Waals surface area contributed by atoms with Crippen molar-refractivity contribution < 1.29 is 18.7 Å². The standard InChI is InChI=1S/C19H24N2O4/c1-5-24-19(23)16-11(2)17(20-12(16)3)18(22)21(14-8-9-14)13(4)15-7-6-10-25-15/h6-7,10,13-14,20H,5,8-9H2,1-4H3. The number of amides is 1. The zero-order valence-corrected chi connectivity index (χ0v) is 15.1. The normalized spacial score (nSPS) is 15.0. The van der Waals surface area contributed by atoms with E-state index in [9.17, 15) is 9.59 Å². The monoisotopic (exact) mass is 344 g/mol. The van der Waals surface area contributed by atoms with Crippen molar-refractivity contribution in [3.8, 4) is 0 Å². The molecule has 1 aliphatic rings. The molecule has 134 valence electrons. The fourth-order valence-electron chi connectivity index (χ4n) is 3.28. The second-order valence-electron chi connectivity index (χ2n) is 6.48. The summed E-state index contributed by atoms with van der Waals surface area (Å²) >= 11 is 0. The number of nitrogens with one attached hydrogen (secondary N) is 1. The second-order valence-corrected chi connectivity index (χ2v) is 6.48. The summed E-state index contributed by atoms with van der Waals surface area (Å²) in [6.07, 6.45) is 3.59. The van der Waals surface area contributed by atoms with E-state index in [2.05, 4.69) is 4.98 Å². The summed E-state index contributed by atoms with van der Waals surface area (Å²) < 4.78 is 10.6. The van der Waals surface area contributed by atoms with Crippen LogP contribution in [0, 0.1) is 13.8 Å². The molecule has 25 heavy (non-hydrogen) atoms. The van der Waals surface area contributed by atoms with Gasteiger partial charge in [-0.1, -0.05) is 0 Å². The zero-order valence-electron chi connectivity index (χ0n) is 15.1. The van der Waals surface area contributed by atoms with E-state index in [4.69, 9.17) is 9.15 Å². The first-order chi connectivity index (χ1) is 12.0. The third kappa shape index (κ3) is 3.21. The lowest BCUT2D eigenvalue weighted by Crippen LogP contribution is -2.36. The Morgan fingerprint density at radius 3 is 2.68 bits per heavy atom. The van der Waals surface area contributed by atoms with Crippen LogP contribution in [0.5, 0.6) is 0 Å². The number of aromatic nitrogens is 1. The summed E-state index contributed by atoms with van der Waals surface area (Å²) in [5.74, 6) is 0.249. The van der Waals surface area contributed by atoms with Gasteiger partial charge in [-0.2, -0.15) is 0 Å². The van der Waals surface area contributed by atoms with Gasteiger partial charge >= 0.3 is 5.97 Å². The number of rotatable bonds is 6. The first kappa shape index (κ1) is 17.3. The minimum absolute atomic E-state index is 0.109. The fourth-order valence-corrected chi connectivity index (χ4v) is 3.28. The Morgan fingerprint density at radius 2 is 2.12 bits per heavy atom. The molecule has 1 aliphatic carbocycles. The van der Waals surface area contributed by atoms with E-state index in [0.29, 0.717) is 29.1 Å². The predicted octanol–water partition coefficient (Wildman–Crippen LogP) is 3.77. The van der Waals surface area contributed by atoms with Crippen molar-refractivity contribution in [2.24, 2.45) is 0 Å². The van der Waals surface area contributed by atoms with E-state index < -0.39 is 5.97 Å². The number of carbonyl (C=O) groups is 2. The number of carbonyl (C=O) groups excluding carboxylic acids is 2. The Kier molecular flexibility index (Phi) is 4.70. The average Bonchev–Trinajstić information content (AvgIpc) is 3.14. The molecule has 1 unspecified atom stereocenters. The van der Waals surface area contributed by atoms with Crippen molar-refractivity contribution in [1.82, 2.24) is 9.88 Å². The molecule has 3 rings (SSSR count). The highest BCUT2D eigenvalue weighted by molar-refractivity contribution is 6.00. The van der Waals surface area contributed by atoms with Gasteiger partial charge in [0.1, 0.15) is 11.5 Å². The molecule has 1 saturated carbocycles. The first-order valence-corrected chi connectivity index (χ1v) is 8.68. The smallest absolute Gasteiger partial charge is 0.340 e. The highest BCUT2D eigenvalue weighted by Gasteiger charge is 2.39. The lowest BCUT2D eigenvalue weighted by Gasteiger charge is -2.28. The van der Waals surface area contributed by atoms with Gasteiger partial charge in [-0.25, -0.2) is 4.79 Å². The van der Waals surface area contributed by atoms with Crippen molar-refractivity contribution >= 4 is 11.9 Å². The lowest BCUT2D eigenvalue weighted by molar-refractivity contribution is 0.0525. The molecule has 2 aromatic rings. The lowest BCUT2D eigenvalue weighted by atomic mass is 10.1. The third-order valence-electron chi connectivity index (χ3n) is 4.68. The number of esters is 1. The maximum absolute atomic E-state index is 13.2. The Labute approximate surface area is 147 Å². The quantitative estimate of drug-likeness (QED) is 0.810. The van der Waals surface area contributed by atoms with Gasteiger partial charge in [0.15, 0.2) is 0 Å². The molecule has 0 bridgehead atoms. The van der Waals surface area contributed by atoms with E-state index in [-0.39, 0.29) is 18.0 Å². The largest absolute Gasteiger partial charge is 0.467 e. The van der Waals surface area contributed by atoms with Crippen molar-refractivity contribution in [2.75, 3.05) is 6.61 Å². The number of hydrogen-bond donors (Lipinski definition) is 1. The molecule has 1 atom stereocenters. The summed E-state index contributed by atoms with van der Waals surface area (Å²) in [6, 6.07) is 3.75. The highest BCUT2D eigenvalue weighted by Crippen LogP contribution is 2.36. The molecule has 1 N–H and O–H groups in total. The fraction of sp³-hybridized carbons (Fsp3) is 0.474. The maximum Gasteiger partial charge on any atom is 0.340 e. The molecule has 2 aromatic heterocycles. The molecular formula is C19H24N2O4. The van der Waals surface area contributed by atoms with Crippen LogP contribution in [0.3, 0.4) is 0 Å². The second kappa shape index (κ2) is 6.78. The van der Waals surface area contributed by atoms with Gasteiger partial charge < -0.3 is 19.0 Å². The molecule has 0 aliphatic heterocycles. The summed E-state index contributed by atoms with van der Waals surface area (Å²) in [4.78, 5) is 30.4. The molecular weight excluding hydrogens is 320 g/mol. The van der Waals surface area contributed by atoms with Crippen LogP contribution in [-0.2, 0) is 4.74 Å². The number of aromatic amines is 1. The summed E-state index contributed by atoms with van der Waals surface area (Å²) in [5.41, 5.74) is 2.19. The number of ether oxygens (including phenoxy) is 1. The summed E-state index contributed by atoms with van der Waals surface area (Å²) in [6.45, 7) is 7.60. The number of nitrogens with zero attached hydrogens (tertiary/aromatic N) is 1. The number of aryl methyl sites for hydroxylation is 1. The SMILES string of the molecule is CCOC(=O)c1c(C)[nH]c(C(=O)N(C2CC2)C(C)c2ccco2)c1C. The van der Waals surface area contributed by atoms with Crippen molar-refractivity contribution in [3.63, 3.8) is 0 Å². The average molecular weight is 344 g/mol. The van der Waals surface area contributed by atoms with Crippen LogP contribution < -0.4 is 0 Å². The molecule has 0 aromatic carbocycles. The van der Waals surface area contributed by atoms with Crippen LogP contribution in [0.4, 0.5) is 0 Å². The maximum atomic E-state index is 13.2. The molecule has 1 amide bonds. The molecule has 2 heterocycles. The van der Waals surface area contributed by atoms with Crippen molar-refractivity contribution in [2.45, 2.75) is 52.6 Å². The molecule has 6 heteroatoms. The van der Waals surface area contributed by atoms with Gasteiger partial charge in [0, 0.05) is 11.7 Å². The summed E-state index contributed by atoms with van der Waals surface area (Å²) in [7, 11) is 0. The molecule has 1 fully saturated rings. The van der Waals surface area contributed by atoms with Crippen LogP contribution in [0.15, 0.2) is 22.8 Å². The molecule has 0 radical (unpaired) electrons. The van der Waals surface area contributed by atoms with Crippen LogP contribution in [0.1, 0.15) is 70.6 Å². The highest BCUT2D eigenvalue weighted by atomic mass is 16.5. The topological polar surface area (TPSA) is 75.5 Å². The minimum atomic E-state index is -0.398. The van der Waals surface area contributed by atoms with Crippen LogP contribution in [-0.4, -0.2) is 34.4 Å². The molecule has 0 spiro atoms. The van der Waals surface area contributed by atoms with Crippen LogP contribution >= 0.6 is 0 Å².